The number of hydrogen-bond donors (Lipinski definition) is 3. The van der Waals surface area contributed by atoms with E-state index in [0.29, 0.717) is 6.04 Å². The van der Waals surface area contributed by atoms with Crippen LogP contribution in [0.15, 0.2) is 24.5 Å². The van der Waals surface area contributed by atoms with E-state index in [1.807, 2.05) is 19.3 Å². The molecule has 0 spiro atoms. The molecule has 2 aromatic heterocycles. The van der Waals surface area contributed by atoms with Gasteiger partial charge in [-0.25, -0.2) is 4.98 Å². The number of nitrogens with zero attached hydrogens (tertiary/aromatic N) is 3. The lowest BCUT2D eigenvalue weighted by Gasteiger charge is -2.36. The molecule has 0 bridgehead atoms. The van der Waals surface area contributed by atoms with Crippen molar-refractivity contribution in [1.29, 1.82) is 0 Å². The summed E-state index contributed by atoms with van der Waals surface area (Å²) in [7, 11) is 0. The molecular weight excluding hydrogens is 338 g/mol. The van der Waals surface area contributed by atoms with Crippen LogP contribution in [0.1, 0.15) is 42.5 Å². The van der Waals surface area contributed by atoms with Gasteiger partial charge < -0.3 is 15.3 Å². The molecule has 3 rings (SSSR count). The number of aliphatic hydroxyl groups excluding tert-OH is 1. The van der Waals surface area contributed by atoms with Crippen molar-refractivity contribution in [3.05, 3.63) is 41.3 Å². The SMILES string of the molecule is Cc1[nH]ncc1CNCc1ccc(N2CCCCC2CCO)nc1.Cl. The second kappa shape index (κ2) is 9.75. The predicted molar refractivity (Wildman–Crippen MR) is 102 cm³/mol. The summed E-state index contributed by atoms with van der Waals surface area (Å²) in [4.78, 5) is 7.01. The number of rotatable bonds is 7. The van der Waals surface area contributed by atoms with Gasteiger partial charge >= 0.3 is 0 Å². The summed E-state index contributed by atoms with van der Waals surface area (Å²) in [5.74, 6) is 1.03. The van der Waals surface area contributed by atoms with Crippen LogP contribution in [-0.2, 0) is 13.1 Å². The molecule has 1 aliphatic rings. The van der Waals surface area contributed by atoms with Gasteiger partial charge in [0, 0.05) is 49.7 Å². The maximum Gasteiger partial charge on any atom is 0.128 e. The van der Waals surface area contributed by atoms with Gasteiger partial charge in [0.15, 0.2) is 0 Å². The summed E-state index contributed by atoms with van der Waals surface area (Å²) < 4.78 is 0. The monoisotopic (exact) mass is 365 g/mol. The van der Waals surface area contributed by atoms with Crippen molar-refractivity contribution < 1.29 is 5.11 Å². The Hall–Kier alpha value is -1.63. The van der Waals surface area contributed by atoms with Crippen molar-refractivity contribution in [3.63, 3.8) is 0 Å². The quantitative estimate of drug-likeness (QED) is 0.703. The first-order valence-electron chi connectivity index (χ1n) is 8.80. The number of pyridine rings is 1. The number of hydrogen-bond acceptors (Lipinski definition) is 5. The first-order valence-corrected chi connectivity index (χ1v) is 8.80. The molecule has 25 heavy (non-hydrogen) atoms. The topological polar surface area (TPSA) is 77.1 Å². The highest BCUT2D eigenvalue weighted by Gasteiger charge is 2.22. The van der Waals surface area contributed by atoms with E-state index in [9.17, 15) is 5.11 Å². The van der Waals surface area contributed by atoms with Gasteiger partial charge in [0.25, 0.3) is 0 Å². The zero-order chi connectivity index (χ0) is 16.8. The molecule has 1 aliphatic heterocycles. The summed E-state index contributed by atoms with van der Waals surface area (Å²) in [6.45, 7) is 4.90. The van der Waals surface area contributed by atoms with Crippen LogP contribution in [0.4, 0.5) is 5.82 Å². The Morgan fingerprint density at radius 2 is 2.16 bits per heavy atom. The third-order valence-electron chi connectivity index (χ3n) is 4.77. The van der Waals surface area contributed by atoms with E-state index in [1.54, 1.807) is 0 Å². The average Bonchev–Trinajstić information content (AvgIpc) is 3.02. The Kier molecular flexibility index (Phi) is 7.68. The molecule has 3 heterocycles. The normalized spacial score (nSPS) is 17.4. The lowest BCUT2D eigenvalue weighted by atomic mass is 9.99. The minimum atomic E-state index is 0. The molecule has 1 fully saturated rings. The van der Waals surface area contributed by atoms with Crippen molar-refractivity contribution in [2.45, 2.75) is 51.7 Å². The number of aromatic amines is 1. The summed E-state index contributed by atoms with van der Waals surface area (Å²) in [6, 6.07) is 4.67. The Labute approximate surface area is 155 Å². The Morgan fingerprint density at radius 3 is 2.84 bits per heavy atom. The van der Waals surface area contributed by atoms with Gasteiger partial charge in [-0.3, -0.25) is 5.10 Å². The lowest BCUT2D eigenvalue weighted by Crippen LogP contribution is -2.40. The lowest BCUT2D eigenvalue weighted by molar-refractivity contribution is 0.262. The fraction of sp³-hybridized carbons (Fsp3) is 0.556. The zero-order valence-electron chi connectivity index (χ0n) is 14.7. The molecule has 0 aromatic carbocycles. The molecule has 0 saturated carbocycles. The molecule has 1 unspecified atom stereocenters. The number of nitrogens with one attached hydrogen (secondary N) is 2. The molecule has 3 N–H and O–H groups in total. The van der Waals surface area contributed by atoms with E-state index in [4.69, 9.17) is 0 Å². The molecule has 0 amide bonds. The van der Waals surface area contributed by atoms with Gasteiger partial charge in [0.2, 0.25) is 0 Å². The second-order valence-electron chi connectivity index (χ2n) is 6.50. The highest BCUT2D eigenvalue weighted by molar-refractivity contribution is 5.85. The highest BCUT2D eigenvalue weighted by Crippen LogP contribution is 2.25. The Morgan fingerprint density at radius 1 is 1.28 bits per heavy atom. The molecule has 1 saturated heterocycles. The Bertz CT molecular complexity index is 629. The van der Waals surface area contributed by atoms with Gasteiger partial charge in [0.1, 0.15) is 5.82 Å². The van der Waals surface area contributed by atoms with Crippen LogP contribution < -0.4 is 10.2 Å². The van der Waals surface area contributed by atoms with Crippen LogP contribution >= 0.6 is 12.4 Å². The van der Waals surface area contributed by atoms with Crippen LogP contribution in [0, 0.1) is 6.92 Å². The number of aryl methyl sites for hydroxylation is 1. The van der Waals surface area contributed by atoms with Gasteiger partial charge in [-0.15, -0.1) is 12.4 Å². The minimum absolute atomic E-state index is 0. The van der Waals surface area contributed by atoms with Crippen LogP contribution in [0.3, 0.4) is 0 Å². The number of halogens is 1. The third kappa shape index (κ3) is 5.17. The highest BCUT2D eigenvalue weighted by atomic mass is 35.5. The van der Waals surface area contributed by atoms with Crippen LogP contribution in [0.5, 0.6) is 0 Å². The van der Waals surface area contributed by atoms with Crippen LogP contribution in [0.2, 0.25) is 0 Å². The molecule has 7 heteroatoms. The third-order valence-corrected chi connectivity index (χ3v) is 4.77. The number of aliphatic hydroxyl groups is 1. The largest absolute Gasteiger partial charge is 0.396 e. The number of aromatic nitrogens is 3. The van der Waals surface area contributed by atoms with Crippen molar-refractivity contribution in [2.75, 3.05) is 18.1 Å². The van der Waals surface area contributed by atoms with Gasteiger partial charge in [0.05, 0.1) is 6.20 Å². The average molecular weight is 366 g/mol. The second-order valence-corrected chi connectivity index (χ2v) is 6.50. The minimum Gasteiger partial charge on any atom is -0.396 e. The Balaban J connectivity index is 0.00000225. The molecule has 1 atom stereocenters. The first-order chi connectivity index (χ1) is 11.8. The smallest absolute Gasteiger partial charge is 0.128 e. The van der Waals surface area contributed by atoms with Crippen molar-refractivity contribution >= 4 is 18.2 Å². The number of H-pyrrole nitrogens is 1. The fourth-order valence-corrected chi connectivity index (χ4v) is 3.34. The predicted octanol–water partition coefficient (Wildman–Crippen LogP) is 2.57. The molecule has 0 aliphatic carbocycles. The van der Waals surface area contributed by atoms with E-state index in [0.717, 1.165) is 44.0 Å². The zero-order valence-corrected chi connectivity index (χ0v) is 15.6. The molecule has 138 valence electrons. The van der Waals surface area contributed by atoms with Crippen LogP contribution in [-0.4, -0.2) is 39.5 Å². The first kappa shape index (κ1) is 19.7. The van der Waals surface area contributed by atoms with Gasteiger partial charge in [-0.1, -0.05) is 6.07 Å². The standard InChI is InChI=1S/C18H27N5O.ClH/c1-14-16(13-21-22-14)12-19-10-15-5-6-18(20-11-15)23-8-3-2-4-17(23)7-9-24;/h5-6,11,13,17,19,24H,2-4,7-10,12H2,1H3,(H,21,22);1H. The van der Waals surface area contributed by atoms with E-state index in [2.05, 4.69) is 37.5 Å². The van der Waals surface area contributed by atoms with Crippen molar-refractivity contribution in [3.8, 4) is 0 Å². The molecule has 2 aromatic rings. The number of anilines is 1. The van der Waals surface area contributed by atoms with E-state index in [1.165, 1.54) is 24.0 Å². The molecule has 0 radical (unpaired) electrons. The van der Waals surface area contributed by atoms with E-state index < -0.39 is 0 Å². The fourth-order valence-electron chi connectivity index (χ4n) is 3.34. The molecule has 6 nitrogen and oxygen atoms in total. The molecular formula is C18H28ClN5O. The summed E-state index contributed by atoms with van der Waals surface area (Å²) in [5, 5.41) is 19.7. The van der Waals surface area contributed by atoms with E-state index in [-0.39, 0.29) is 19.0 Å². The maximum absolute atomic E-state index is 9.26. The van der Waals surface area contributed by atoms with Gasteiger partial charge in [-0.2, -0.15) is 5.10 Å². The summed E-state index contributed by atoms with van der Waals surface area (Å²) in [5.41, 5.74) is 3.48. The summed E-state index contributed by atoms with van der Waals surface area (Å²) in [6.07, 6.45) is 8.24. The number of piperidine rings is 1. The van der Waals surface area contributed by atoms with Crippen molar-refractivity contribution in [2.24, 2.45) is 0 Å². The van der Waals surface area contributed by atoms with E-state index >= 15 is 0 Å². The van der Waals surface area contributed by atoms with Gasteiger partial charge in [-0.05, 0) is 44.2 Å². The summed E-state index contributed by atoms with van der Waals surface area (Å²) >= 11 is 0. The van der Waals surface area contributed by atoms with Crippen LogP contribution in [0.25, 0.3) is 0 Å². The van der Waals surface area contributed by atoms with Crippen molar-refractivity contribution in [1.82, 2.24) is 20.5 Å². The maximum atomic E-state index is 9.26.